The molecule has 0 bridgehead atoms. The second kappa shape index (κ2) is 21.5. The number of aliphatic hydroxyl groups is 1. The van der Waals surface area contributed by atoms with E-state index in [2.05, 4.69) is 27.4 Å². The van der Waals surface area contributed by atoms with Crippen LogP contribution in [0.25, 0.3) is 22.0 Å². The fourth-order valence-electron chi connectivity index (χ4n) is 7.83. The Labute approximate surface area is 407 Å². The Morgan fingerprint density at radius 2 is 1.61 bits per heavy atom. The number of aliphatic carboxylic acids is 1. The van der Waals surface area contributed by atoms with Crippen molar-refractivity contribution in [1.29, 1.82) is 0 Å². The average molecular weight is 1050 g/mol. The van der Waals surface area contributed by atoms with E-state index in [1.54, 1.807) is 20.1 Å². The molecule has 6 rings (SSSR count). The van der Waals surface area contributed by atoms with E-state index in [1.165, 1.54) is 49.2 Å². The highest BCUT2D eigenvalue weighted by atomic mass is 35.5. The lowest BCUT2D eigenvalue weighted by Crippen LogP contribution is -2.35. The van der Waals surface area contributed by atoms with Crippen molar-refractivity contribution < 1.29 is 68.5 Å². The first-order valence-corrected chi connectivity index (χ1v) is 23.5. The molecule has 3 aromatic heterocycles. The molecule has 0 saturated heterocycles. The largest absolute Gasteiger partial charge is 0.481 e. The van der Waals surface area contributed by atoms with Gasteiger partial charge < -0.3 is 15.5 Å². The first-order valence-electron chi connectivity index (χ1n) is 20.7. The summed E-state index contributed by atoms with van der Waals surface area (Å²) in [7, 11) is 1.00. The van der Waals surface area contributed by atoms with E-state index >= 15 is 8.78 Å². The molecule has 70 heavy (non-hydrogen) atoms. The maximum absolute atomic E-state index is 15.4. The number of carbonyl (C=O) groups is 3. The minimum absolute atomic E-state index is 0.00478. The molecule has 2 unspecified atom stereocenters. The number of benzene rings is 2. The van der Waals surface area contributed by atoms with Gasteiger partial charge in [-0.25, -0.2) is 18.1 Å². The van der Waals surface area contributed by atoms with Crippen molar-refractivity contribution in [1.82, 2.24) is 29.9 Å². The molecule has 5 aromatic rings. The molecule has 3 heterocycles. The summed E-state index contributed by atoms with van der Waals surface area (Å²) in [6, 6.07) is 6.03. The Balaban J connectivity index is 0.00000450. The van der Waals surface area contributed by atoms with Crippen LogP contribution in [0.5, 0.6) is 0 Å². The first kappa shape index (κ1) is 55.4. The van der Waals surface area contributed by atoms with Crippen LogP contribution in [0.3, 0.4) is 0 Å². The highest BCUT2D eigenvalue weighted by Gasteiger charge is 2.53. The number of rotatable bonds is 14. The number of carbonyl (C=O) groups excluding carboxylic acids is 2. The van der Waals surface area contributed by atoms with Gasteiger partial charge in [-0.05, 0) is 86.2 Å². The van der Waals surface area contributed by atoms with E-state index < -0.39 is 125 Å². The van der Waals surface area contributed by atoms with Crippen LogP contribution in [0, 0.1) is 29.4 Å². The van der Waals surface area contributed by atoms with E-state index in [4.69, 9.17) is 21.7 Å². The van der Waals surface area contributed by atoms with Crippen molar-refractivity contribution >= 4 is 69.8 Å². The van der Waals surface area contributed by atoms with Gasteiger partial charge in [0.2, 0.25) is 11.8 Å². The maximum atomic E-state index is 15.4. The quantitative estimate of drug-likeness (QED) is 0.0556. The number of alkyl halides is 8. The van der Waals surface area contributed by atoms with Gasteiger partial charge >= 0.3 is 18.3 Å². The van der Waals surface area contributed by atoms with Crippen molar-refractivity contribution in [2.45, 2.75) is 95.0 Å². The summed E-state index contributed by atoms with van der Waals surface area (Å²) in [6.45, 7) is 3.04. The Kier molecular flexibility index (Phi) is 17.0. The number of pyridine rings is 1. The monoisotopic (exact) mass is 1050 g/mol. The van der Waals surface area contributed by atoms with Gasteiger partial charge in [-0.2, -0.15) is 45.3 Å². The molecule has 2 amide bonds. The van der Waals surface area contributed by atoms with Gasteiger partial charge in [-0.3, -0.25) is 23.7 Å². The summed E-state index contributed by atoms with van der Waals surface area (Å²) >= 11 is 8.78. The molecule has 1 aliphatic rings. The normalized spacial score (nSPS) is 15.3. The van der Waals surface area contributed by atoms with Crippen molar-refractivity contribution in [3.8, 4) is 23.0 Å². The number of amides is 2. The molecule has 0 radical (unpaired) electrons. The van der Waals surface area contributed by atoms with E-state index in [1.807, 2.05) is 0 Å². The first-order chi connectivity index (χ1) is 32.5. The predicted octanol–water partition coefficient (Wildman–Crippen LogP) is 10.3. The third kappa shape index (κ3) is 12.5. The van der Waals surface area contributed by atoms with Crippen molar-refractivity contribution in [2.24, 2.45) is 5.92 Å². The number of thioether (sulfide) groups is 1. The molecule has 2 aromatic carbocycles. The second-order valence-electron chi connectivity index (χ2n) is 16.5. The molecule has 0 fully saturated rings. The van der Waals surface area contributed by atoms with Crippen LogP contribution >= 0.6 is 35.3 Å². The number of anilines is 1. The smallest absolute Gasteiger partial charge is 0.435 e. The predicted molar refractivity (Wildman–Crippen MR) is 244 cm³/mol. The zero-order chi connectivity index (χ0) is 52.4. The number of halogens is 11. The molecule has 25 heteroatoms. The average Bonchev–Trinajstić information content (AvgIpc) is 3.90. The van der Waals surface area contributed by atoms with Gasteiger partial charge in [0.05, 0.1) is 38.8 Å². The van der Waals surface area contributed by atoms with Crippen LogP contribution in [0.2, 0.25) is 5.02 Å². The lowest BCUT2D eigenvalue weighted by Gasteiger charge is -2.23. The minimum atomic E-state index is -5.19. The highest BCUT2D eigenvalue weighted by molar-refractivity contribution is 8.00. The maximum Gasteiger partial charge on any atom is 0.435 e. The van der Waals surface area contributed by atoms with E-state index in [0.717, 1.165) is 30.5 Å². The fourth-order valence-corrected chi connectivity index (χ4v) is 8.88. The molecular formula is C45H44ClF10N7O5S2. The molecular weight excluding hydrogens is 1010 g/mol. The third-order valence-corrected chi connectivity index (χ3v) is 13.0. The Morgan fingerprint density at radius 1 is 0.986 bits per heavy atom. The van der Waals surface area contributed by atoms with Crippen molar-refractivity contribution in [3.05, 3.63) is 93.0 Å². The third-order valence-electron chi connectivity index (χ3n) is 10.8. The van der Waals surface area contributed by atoms with Gasteiger partial charge in [0.15, 0.2) is 11.5 Å². The molecule has 0 aliphatic heterocycles. The number of hydrogen-bond acceptors (Lipinski definition) is 9. The van der Waals surface area contributed by atoms with Gasteiger partial charge in [0, 0.05) is 48.5 Å². The number of hydrogen-bond donors (Lipinski definition) is 3. The number of carboxylic acids is 1. The van der Waals surface area contributed by atoms with Crippen molar-refractivity contribution in [2.75, 3.05) is 23.9 Å². The van der Waals surface area contributed by atoms with Crippen LogP contribution in [0.4, 0.5) is 49.7 Å². The highest BCUT2D eigenvalue weighted by Crippen LogP contribution is 2.52. The summed E-state index contributed by atoms with van der Waals surface area (Å²) in [5, 5.41) is 26.1. The lowest BCUT2D eigenvalue weighted by molar-refractivity contribution is -0.143. The van der Waals surface area contributed by atoms with Gasteiger partial charge in [0.25, 0.3) is 5.92 Å². The number of aromatic nitrogens is 5. The molecule has 12 nitrogen and oxygen atoms in total. The summed E-state index contributed by atoms with van der Waals surface area (Å²) < 4.78 is 147. The fraction of sp³-hybridized carbons (Fsp3) is 0.422. The lowest BCUT2D eigenvalue weighted by atomic mass is 9.93. The number of fused-ring (bicyclic) bond motifs is 2. The molecule has 3 N–H and O–H groups in total. The van der Waals surface area contributed by atoms with E-state index in [0.29, 0.717) is 22.7 Å². The van der Waals surface area contributed by atoms with E-state index in [9.17, 15) is 54.6 Å². The molecule has 378 valence electrons. The minimum Gasteiger partial charge on any atom is -0.481 e. The standard InChI is InChI=1S/C44H40ClF10N7O4S2.CH4O/c1-21(13-32(64)65)40(66)62(68-6)39-34-29(45)10-9-28(36(34)61(59-39)20-43(50,51)52)27-8-7-26(11-12-41(3,4)67-5)56-35(27)30(16-23-14-24(46)17-25(47)15-23)57-31(63)19-60-38-33(22(2)18-42(38,48)49)37(58-60)44(53,54)55;1-2/h7-10,14-15,17,21-22,30H,13,16,18-20H2,1-6H3,(H,57,63)(H,64,65);2H,1H3/t21?,22-,30?;/m0./s1. The van der Waals surface area contributed by atoms with Gasteiger partial charge in [0.1, 0.15) is 36.1 Å². The zero-order valence-corrected chi connectivity index (χ0v) is 40.5. The Bertz CT molecular complexity index is 2840. The van der Waals surface area contributed by atoms with E-state index in [-0.39, 0.29) is 48.7 Å². The summed E-state index contributed by atoms with van der Waals surface area (Å²) in [5.41, 5.74) is -4.45. The number of nitrogens with one attached hydrogen (secondary N) is 1. The zero-order valence-electron chi connectivity index (χ0n) is 38.1. The number of nitrogens with zero attached hydrogens (tertiary/aromatic N) is 6. The summed E-state index contributed by atoms with van der Waals surface area (Å²) in [6.07, 6.45) is -9.18. The van der Waals surface area contributed by atoms with Crippen LogP contribution in [0.15, 0.2) is 42.5 Å². The number of aliphatic hydroxyl groups excluding tert-OH is 1. The topological polar surface area (TPSA) is 155 Å². The second-order valence-corrected chi connectivity index (χ2v) is 19.1. The summed E-state index contributed by atoms with van der Waals surface area (Å²) in [5.74, 6) is -6.35. The number of carboxylic acid groups (broad SMARTS) is 1. The van der Waals surface area contributed by atoms with Crippen LogP contribution in [-0.2, 0) is 46.0 Å². The molecule has 1 aliphatic carbocycles. The van der Waals surface area contributed by atoms with Crippen LogP contribution in [-0.4, -0.2) is 83.1 Å². The Morgan fingerprint density at radius 3 is 2.19 bits per heavy atom. The van der Waals surface area contributed by atoms with Crippen LogP contribution < -0.4 is 9.62 Å². The van der Waals surface area contributed by atoms with Gasteiger partial charge in [-0.15, -0.1) is 11.8 Å². The Hall–Kier alpha value is -5.51. The summed E-state index contributed by atoms with van der Waals surface area (Å²) in [4.78, 5) is 44.0. The SMILES string of the molecule is CO.CSN(C(=O)C(C)CC(=O)O)c1nn(CC(F)(F)F)c2c(-c3ccc(C#CC(C)(C)SC)nc3C(Cc3cc(F)cc(F)c3)NC(=O)Cn3nc(C(F)(F)F)c4c3C(F)(F)C[C@@H]4C)ccc(Cl)c12. The van der Waals surface area contributed by atoms with Crippen LogP contribution in [0.1, 0.15) is 86.4 Å². The van der Waals surface area contributed by atoms with Crippen molar-refractivity contribution in [3.63, 3.8) is 0 Å². The molecule has 0 spiro atoms. The van der Waals surface area contributed by atoms with Gasteiger partial charge in [-0.1, -0.05) is 37.4 Å². The molecule has 0 saturated carbocycles. The molecule has 3 atom stereocenters.